The van der Waals surface area contributed by atoms with Gasteiger partial charge in [-0.15, -0.1) is 0 Å². The average Bonchev–Trinajstić information content (AvgIpc) is 3.49. The largest absolute Gasteiger partial charge is 0.432 e. The maximum Gasteiger partial charge on any atom is 0.416 e. The second-order valence-electron chi connectivity index (χ2n) is 7.44. The first-order chi connectivity index (χ1) is 15.6. The summed E-state index contributed by atoms with van der Waals surface area (Å²) >= 11 is 0. The topological polar surface area (TPSA) is 94.8 Å². The number of ether oxygens (including phenoxy) is 1. The molecule has 2 heterocycles. The molecule has 1 atom stereocenters. The van der Waals surface area contributed by atoms with E-state index in [9.17, 15) is 26.7 Å². The molecule has 174 valence electrons. The molecule has 1 unspecified atom stereocenters. The van der Waals surface area contributed by atoms with E-state index in [1.54, 1.807) is 6.92 Å². The summed E-state index contributed by atoms with van der Waals surface area (Å²) in [6.07, 6.45) is 0.187. The minimum atomic E-state index is -4.58. The molecule has 2 aromatic heterocycles. The van der Waals surface area contributed by atoms with Gasteiger partial charge in [-0.1, -0.05) is 0 Å². The number of alkyl halides is 5. The number of halogens is 5. The molecule has 1 aliphatic rings. The van der Waals surface area contributed by atoms with Gasteiger partial charge < -0.3 is 10.1 Å². The van der Waals surface area contributed by atoms with Gasteiger partial charge in [-0.3, -0.25) is 4.79 Å². The van der Waals surface area contributed by atoms with Crippen molar-refractivity contribution in [2.75, 3.05) is 0 Å². The zero-order valence-corrected chi connectivity index (χ0v) is 17.1. The number of aromatic nitrogens is 5. The zero-order chi connectivity index (χ0) is 23.8. The van der Waals surface area contributed by atoms with Crippen molar-refractivity contribution in [1.29, 1.82) is 0 Å². The van der Waals surface area contributed by atoms with E-state index in [4.69, 9.17) is 0 Å². The second kappa shape index (κ2) is 8.71. The fourth-order valence-corrected chi connectivity index (χ4v) is 3.23. The van der Waals surface area contributed by atoms with Crippen LogP contribution in [0.25, 0.3) is 5.95 Å². The van der Waals surface area contributed by atoms with Crippen molar-refractivity contribution in [3.63, 3.8) is 0 Å². The predicted octanol–water partition coefficient (Wildman–Crippen LogP) is 4.05. The molecule has 1 aliphatic carbocycles. The first-order valence-electron chi connectivity index (χ1n) is 9.82. The summed E-state index contributed by atoms with van der Waals surface area (Å²) in [5, 5.41) is 6.56. The number of amides is 1. The second-order valence-corrected chi connectivity index (χ2v) is 7.44. The molecule has 0 bridgehead atoms. The first-order valence-corrected chi connectivity index (χ1v) is 9.82. The van der Waals surface area contributed by atoms with E-state index < -0.39 is 30.3 Å². The van der Waals surface area contributed by atoms with Gasteiger partial charge in [0, 0.05) is 5.56 Å². The van der Waals surface area contributed by atoms with E-state index in [-0.39, 0.29) is 29.0 Å². The molecule has 0 aliphatic heterocycles. The van der Waals surface area contributed by atoms with E-state index in [1.165, 1.54) is 17.1 Å². The van der Waals surface area contributed by atoms with Gasteiger partial charge in [0.15, 0.2) is 11.6 Å². The van der Waals surface area contributed by atoms with Crippen molar-refractivity contribution in [3.8, 4) is 11.7 Å². The summed E-state index contributed by atoms with van der Waals surface area (Å²) in [6.45, 7) is -1.48. The molecule has 0 saturated heterocycles. The molecular formula is C20H17F5N6O2. The van der Waals surface area contributed by atoms with Crippen LogP contribution in [-0.4, -0.2) is 37.3 Å². The van der Waals surface area contributed by atoms with Crippen LogP contribution in [0.4, 0.5) is 22.0 Å². The van der Waals surface area contributed by atoms with E-state index in [0.29, 0.717) is 5.56 Å². The molecule has 0 radical (unpaired) electrons. The van der Waals surface area contributed by atoms with Gasteiger partial charge in [0.1, 0.15) is 6.33 Å². The van der Waals surface area contributed by atoms with Crippen molar-refractivity contribution in [2.45, 2.75) is 44.5 Å². The third-order valence-corrected chi connectivity index (χ3v) is 4.93. The van der Waals surface area contributed by atoms with Gasteiger partial charge in [0.25, 0.3) is 11.9 Å². The van der Waals surface area contributed by atoms with Crippen LogP contribution >= 0.6 is 0 Å². The average molecular weight is 468 g/mol. The third kappa shape index (κ3) is 5.23. The smallest absolute Gasteiger partial charge is 0.416 e. The van der Waals surface area contributed by atoms with Crippen molar-refractivity contribution < 1.29 is 31.5 Å². The van der Waals surface area contributed by atoms with Gasteiger partial charge in [-0.05, 0) is 49.4 Å². The van der Waals surface area contributed by atoms with Crippen molar-refractivity contribution in [1.82, 2.24) is 30.0 Å². The maximum atomic E-state index is 13.3. The molecule has 1 amide bonds. The fraction of sp³-hybridized carbons (Fsp3) is 0.350. The Morgan fingerprint density at radius 1 is 1.15 bits per heavy atom. The van der Waals surface area contributed by atoms with Crippen LogP contribution in [0.1, 0.15) is 59.0 Å². The number of nitrogens with one attached hydrogen (secondary N) is 1. The van der Waals surface area contributed by atoms with Crippen LogP contribution in [0.3, 0.4) is 0 Å². The lowest BCUT2D eigenvalue weighted by Crippen LogP contribution is -2.29. The molecule has 13 heteroatoms. The molecule has 1 fully saturated rings. The summed E-state index contributed by atoms with van der Waals surface area (Å²) in [5.74, 6) is -0.798. The standard InChI is InChI=1S/C20H17F5N6O2/c1-10(16-28-9-29-31(16)19-26-7-15(8-27-19)33-18(21)22)30-17(32)13-4-12(11-2-3-11)5-14(6-13)20(23,24)25/h4-11,18H,2-3H2,1H3,(H,30,32). The van der Waals surface area contributed by atoms with E-state index in [2.05, 4.69) is 30.1 Å². The van der Waals surface area contributed by atoms with E-state index in [0.717, 1.165) is 37.4 Å². The predicted molar refractivity (Wildman–Crippen MR) is 103 cm³/mol. The number of hydrogen-bond donors (Lipinski definition) is 1. The molecular weight excluding hydrogens is 451 g/mol. The molecule has 3 aromatic rings. The SMILES string of the molecule is CC(NC(=O)c1cc(C2CC2)cc(C(F)(F)F)c1)c1ncnn1-c1ncc(OC(F)F)cn1. The quantitative estimate of drug-likeness (QED) is 0.526. The van der Waals surface area contributed by atoms with Gasteiger partial charge in [-0.25, -0.2) is 15.0 Å². The number of hydrogen-bond acceptors (Lipinski definition) is 6. The Hall–Kier alpha value is -3.64. The Morgan fingerprint density at radius 2 is 1.85 bits per heavy atom. The summed E-state index contributed by atoms with van der Waals surface area (Å²) < 4.78 is 69.8. The van der Waals surface area contributed by atoms with E-state index >= 15 is 0 Å². The Kier molecular flexibility index (Phi) is 5.95. The van der Waals surface area contributed by atoms with Gasteiger partial charge in [0.05, 0.1) is 24.0 Å². The lowest BCUT2D eigenvalue weighted by Gasteiger charge is -2.16. The van der Waals surface area contributed by atoms with Crippen LogP contribution in [0, 0.1) is 0 Å². The minimum Gasteiger partial charge on any atom is -0.432 e. The van der Waals surface area contributed by atoms with Crippen molar-refractivity contribution >= 4 is 5.91 Å². The number of carbonyl (C=O) groups excluding carboxylic acids is 1. The zero-order valence-electron chi connectivity index (χ0n) is 17.1. The van der Waals surface area contributed by atoms with Gasteiger partial charge in [0.2, 0.25) is 0 Å². The maximum absolute atomic E-state index is 13.3. The summed E-state index contributed by atoms with van der Waals surface area (Å²) in [5.41, 5.74) is -0.521. The summed E-state index contributed by atoms with van der Waals surface area (Å²) in [6, 6.07) is 2.56. The van der Waals surface area contributed by atoms with Crippen LogP contribution in [-0.2, 0) is 6.18 Å². The first kappa shape index (κ1) is 22.6. The molecule has 1 N–H and O–H groups in total. The number of benzene rings is 1. The molecule has 33 heavy (non-hydrogen) atoms. The normalized spacial score (nSPS) is 14.9. The Morgan fingerprint density at radius 3 is 2.45 bits per heavy atom. The minimum absolute atomic E-state index is 0.0218. The van der Waals surface area contributed by atoms with Gasteiger partial charge >= 0.3 is 12.8 Å². The summed E-state index contributed by atoms with van der Waals surface area (Å²) in [7, 11) is 0. The Balaban J connectivity index is 1.54. The third-order valence-electron chi connectivity index (χ3n) is 4.93. The lowest BCUT2D eigenvalue weighted by molar-refractivity contribution is -0.137. The highest BCUT2D eigenvalue weighted by atomic mass is 19.4. The molecule has 8 nitrogen and oxygen atoms in total. The molecule has 0 spiro atoms. The lowest BCUT2D eigenvalue weighted by atomic mass is 10.0. The molecule has 1 saturated carbocycles. The molecule has 4 rings (SSSR count). The van der Waals surface area contributed by atoms with Crippen LogP contribution < -0.4 is 10.1 Å². The summed E-state index contributed by atoms with van der Waals surface area (Å²) in [4.78, 5) is 24.6. The van der Waals surface area contributed by atoms with Gasteiger partial charge in [-0.2, -0.15) is 31.7 Å². The van der Waals surface area contributed by atoms with Crippen LogP contribution in [0.15, 0.2) is 36.9 Å². The van der Waals surface area contributed by atoms with Crippen molar-refractivity contribution in [3.05, 3.63) is 59.4 Å². The highest BCUT2D eigenvalue weighted by Crippen LogP contribution is 2.42. The number of rotatable bonds is 7. The molecule has 1 aromatic carbocycles. The van der Waals surface area contributed by atoms with Crippen molar-refractivity contribution in [2.24, 2.45) is 0 Å². The Bertz CT molecular complexity index is 1140. The fourth-order valence-electron chi connectivity index (χ4n) is 3.23. The Labute approximate surface area is 183 Å². The number of nitrogens with zero attached hydrogens (tertiary/aromatic N) is 5. The van der Waals surface area contributed by atoms with Crippen LogP contribution in [0.2, 0.25) is 0 Å². The highest BCUT2D eigenvalue weighted by molar-refractivity contribution is 5.95. The number of carbonyl (C=O) groups is 1. The van der Waals surface area contributed by atoms with E-state index in [1.807, 2.05) is 0 Å². The highest BCUT2D eigenvalue weighted by Gasteiger charge is 2.34. The van der Waals surface area contributed by atoms with Crippen LogP contribution in [0.5, 0.6) is 5.75 Å². The monoisotopic (exact) mass is 468 g/mol.